The van der Waals surface area contributed by atoms with E-state index in [4.69, 9.17) is 4.74 Å². The maximum Gasteiger partial charge on any atom is 0.326 e. The van der Waals surface area contributed by atoms with Gasteiger partial charge in [-0.15, -0.1) is 11.3 Å². The molecule has 2 aromatic heterocycles. The van der Waals surface area contributed by atoms with Gasteiger partial charge >= 0.3 is 5.97 Å². The summed E-state index contributed by atoms with van der Waals surface area (Å²) in [5.41, 5.74) is -0.177. The largest absolute Gasteiger partial charge is 0.462 e. The summed E-state index contributed by atoms with van der Waals surface area (Å²) in [6.07, 6.45) is 0.678. The van der Waals surface area contributed by atoms with E-state index in [1.165, 1.54) is 15.9 Å². The highest BCUT2D eigenvalue weighted by Crippen LogP contribution is 2.21. The Hall–Kier alpha value is -1.69. The SMILES string of the molecule is CCc1cc2c(=O)n(CC(=O)OC(C)C)c(C)nc2s1. The predicted molar refractivity (Wildman–Crippen MR) is 79.2 cm³/mol. The van der Waals surface area contributed by atoms with E-state index < -0.39 is 5.97 Å². The smallest absolute Gasteiger partial charge is 0.326 e. The van der Waals surface area contributed by atoms with Gasteiger partial charge < -0.3 is 4.74 Å². The maximum absolute atomic E-state index is 12.4. The van der Waals surface area contributed by atoms with Crippen LogP contribution in [0.5, 0.6) is 0 Å². The van der Waals surface area contributed by atoms with E-state index in [1.807, 2.05) is 13.0 Å². The highest BCUT2D eigenvalue weighted by atomic mass is 32.1. The summed E-state index contributed by atoms with van der Waals surface area (Å²) in [5, 5.41) is 0.579. The summed E-state index contributed by atoms with van der Waals surface area (Å²) in [7, 11) is 0. The predicted octanol–water partition coefficient (Wildman–Crippen LogP) is 2.28. The van der Waals surface area contributed by atoms with Crippen molar-refractivity contribution in [2.24, 2.45) is 0 Å². The third kappa shape index (κ3) is 2.90. The van der Waals surface area contributed by atoms with Gasteiger partial charge in [0.2, 0.25) is 0 Å². The summed E-state index contributed by atoms with van der Waals surface area (Å²) in [6, 6.07) is 1.86. The van der Waals surface area contributed by atoms with Crippen LogP contribution in [0.2, 0.25) is 0 Å². The highest BCUT2D eigenvalue weighted by Gasteiger charge is 2.15. The molecule has 0 saturated heterocycles. The molecule has 0 aromatic carbocycles. The number of carbonyl (C=O) groups is 1. The fourth-order valence-corrected chi connectivity index (χ4v) is 2.96. The van der Waals surface area contributed by atoms with E-state index in [0.717, 1.165) is 16.1 Å². The molecule has 0 N–H and O–H groups in total. The molecule has 20 heavy (non-hydrogen) atoms. The minimum atomic E-state index is -0.419. The lowest BCUT2D eigenvalue weighted by Gasteiger charge is -2.11. The van der Waals surface area contributed by atoms with Crippen LogP contribution in [0.25, 0.3) is 10.2 Å². The molecule has 0 unspecified atom stereocenters. The summed E-state index contributed by atoms with van der Waals surface area (Å²) in [4.78, 5) is 30.4. The third-order valence-electron chi connectivity index (χ3n) is 2.90. The highest BCUT2D eigenvalue weighted by molar-refractivity contribution is 7.18. The fraction of sp³-hybridized carbons (Fsp3) is 0.500. The van der Waals surface area contributed by atoms with Crippen molar-refractivity contribution in [2.75, 3.05) is 0 Å². The number of rotatable bonds is 4. The van der Waals surface area contributed by atoms with Gasteiger partial charge in [0.15, 0.2) is 0 Å². The van der Waals surface area contributed by atoms with Crippen LogP contribution in [0.15, 0.2) is 10.9 Å². The number of carbonyl (C=O) groups excluding carboxylic acids is 1. The second kappa shape index (κ2) is 5.75. The van der Waals surface area contributed by atoms with Crippen LogP contribution in [0.4, 0.5) is 0 Å². The molecule has 0 fully saturated rings. The Morgan fingerprint density at radius 2 is 2.20 bits per heavy atom. The first-order chi connectivity index (χ1) is 9.42. The molecular weight excluding hydrogens is 276 g/mol. The molecule has 0 aliphatic rings. The number of esters is 1. The number of aryl methyl sites for hydroxylation is 2. The maximum atomic E-state index is 12.4. The van der Waals surface area contributed by atoms with Crippen LogP contribution >= 0.6 is 11.3 Å². The van der Waals surface area contributed by atoms with Crippen LogP contribution in [-0.2, 0) is 22.5 Å². The first-order valence-corrected chi connectivity index (χ1v) is 7.43. The van der Waals surface area contributed by atoms with Gasteiger partial charge in [-0.25, -0.2) is 4.98 Å². The number of aromatic nitrogens is 2. The molecule has 108 valence electrons. The summed E-state index contributed by atoms with van der Waals surface area (Å²) < 4.78 is 6.45. The normalized spacial score (nSPS) is 11.2. The van der Waals surface area contributed by atoms with E-state index in [1.54, 1.807) is 20.8 Å². The van der Waals surface area contributed by atoms with Crippen molar-refractivity contribution in [2.45, 2.75) is 46.8 Å². The number of nitrogens with zero attached hydrogens (tertiary/aromatic N) is 2. The lowest BCUT2D eigenvalue weighted by Crippen LogP contribution is -2.28. The van der Waals surface area contributed by atoms with Gasteiger partial charge in [0.25, 0.3) is 5.56 Å². The van der Waals surface area contributed by atoms with Crippen LogP contribution in [0.1, 0.15) is 31.5 Å². The first kappa shape index (κ1) is 14.7. The van der Waals surface area contributed by atoms with Crippen LogP contribution < -0.4 is 5.56 Å². The Bertz CT molecular complexity index is 700. The molecule has 2 aromatic rings. The molecule has 0 spiro atoms. The van der Waals surface area contributed by atoms with Crippen molar-refractivity contribution in [3.05, 3.63) is 27.1 Å². The zero-order chi connectivity index (χ0) is 14.9. The van der Waals surface area contributed by atoms with Crippen molar-refractivity contribution in [3.8, 4) is 0 Å². The number of fused-ring (bicyclic) bond motifs is 1. The van der Waals surface area contributed by atoms with E-state index in [-0.39, 0.29) is 18.2 Å². The van der Waals surface area contributed by atoms with E-state index in [0.29, 0.717) is 11.2 Å². The molecule has 0 atom stereocenters. The van der Waals surface area contributed by atoms with Gasteiger partial charge in [0.05, 0.1) is 11.5 Å². The van der Waals surface area contributed by atoms with Gasteiger partial charge in [-0.2, -0.15) is 0 Å². The van der Waals surface area contributed by atoms with Gasteiger partial charge in [-0.1, -0.05) is 6.92 Å². The molecule has 0 saturated carbocycles. The van der Waals surface area contributed by atoms with Crippen molar-refractivity contribution in [1.29, 1.82) is 0 Å². The minimum absolute atomic E-state index is 0.0942. The molecular formula is C14H18N2O3S. The molecule has 0 radical (unpaired) electrons. The molecule has 2 heterocycles. The molecule has 6 heteroatoms. The summed E-state index contributed by atoms with van der Waals surface area (Å²) in [6.45, 7) is 7.23. The van der Waals surface area contributed by atoms with Gasteiger partial charge in [0.1, 0.15) is 17.2 Å². The molecule has 0 aliphatic heterocycles. The summed E-state index contributed by atoms with van der Waals surface area (Å²) >= 11 is 1.52. The Balaban J connectivity index is 2.43. The second-order valence-corrected chi connectivity index (χ2v) is 5.99. The molecule has 5 nitrogen and oxygen atoms in total. The summed E-state index contributed by atoms with van der Waals surface area (Å²) in [5.74, 6) is 0.116. The average molecular weight is 294 g/mol. The lowest BCUT2D eigenvalue weighted by molar-refractivity contribution is -0.148. The minimum Gasteiger partial charge on any atom is -0.462 e. The van der Waals surface area contributed by atoms with Crippen LogP contribution in [0, 0.1) is 6.92 Å². The van der Waals surface area contributed by atoms with Crippen molar-refractivity contribution >= 4 is 27.5 Å². The first-order valence-electron chi connectivity index (χ1n) is 6.61. The van der Waals surface area contributed by atoms with E-state index >= 15 is 0 Å². The zero-order valence-corrected chi connectivity index (χ0v) is 12.9. The van der Waals surface area contributed by atoms with Crippen LogP contribution in [-0.4, -0.2) is 21.6 Å². The quantitative estimate of drug-likeness (QED) is 0.812. The molecule has 2 rings (SSSR count). The van der Waals surface area contributed by atoms with Crippen LogP contribution in [0.3, 0.4) is 0 Å². The topological polar surface area (TPSA) is 61.2 Å². The number of ether oxygens (including phenoxy) is 1. The van der Waals surface area contributed by atoms with Gasteiger partial charge in [-0.05, 0) is 33.3 Å². The second-order valence-electron chi connectivity index (χ2n) is 4.87. The zero-order valence-electron chi connectivity index (χ0n) is 12.1. The van der Waals surface area contributed by atoms with Crippen molar-refractivity contribution in [1.82, 2.24) is 9.55 Å². The van der Waals surface area contributed by atoms with E-state index in [2.05, 4.69) is 4.98 Å². The lowest BCUT2D eigenvalue weighted by atomic mass is 10.3. The Labute approximate surface area is 121 Å². The number of hydrogen-bond acceptors (Lipinski definition) is 5. The molecule has 0 aliphatic carbocycles. The average Bonchev–Trinajstić information content (AvgIpc) is 2.76. The molecule has 0 amide bonds. The Morgan fingerprint density at radius 1 is 1.50 bits per heavy atom. The molecule has 0 bridgehead atoms. The Kier molecular flexibility index (Phi) is 4.23. The monoisotopic (exact) mass is 294 g/mol. The third-order valence-corrected chi connectivity index (χ3v) is 4.07. The van der Waals surface area contributed by atoms with E-state index in [9.17, 15) is 9.59 Å². The van der Waals surface area contributed by atoms with Crippen molar-refractivity contribution in [3.63, 3.8) is 0 Å². The van der Waals surface area contributed by atoms with Gasteiger partial charge in [0, 0.05) is 4.88 Å². The number of thiophene rings is 1. The van der Waals surface area contributed by atoms with Crippen molar-refractivity contribution < 1.29 is 9.53 Å². The van der Waals surface area contributed by atoms with Gasteiger partial charge in [-0.3, -0.25) is 14.2 Å². The number of hydrogen-bond donors (Lipinski definition) is 0. The fourth-order valence-electron chi connectivity index (χ4n) is 1.96. The standard InChI is InChI=1S/C14H18N2O3S/c1-5-10-6-11-13(20-10)15-9(4)16(14(11)18)7-12(17)19-8(2)3/h6,8H,5,7H2,1-4H3. The Morgan fingerprint density at radius 3 is 2.80 bits per heavy atom.